The van der Waals surface area contributed by atoms with Crippen LogP contribution in [0.1, 0.15) is 43.8 Å². The second-order valence-electron chi connectivity index (χ2n) is 7.58. The average Bonchev–Trinajstić information content (AvgIpc) is 2.86. The minimum atomic E-state index is -0.138. The molecule has 3 aliphatic rings. The highest BCUT2D eigenvalue weighted by atomic mass is 16.3. The highest BCUT2D eigenvalue weighted by molar-refractivity contribution is 5.48. The fraction of sp³-hybridized carbons (Fsp3) is 0.706. The van der Waals surface area contributed by atoms with E-state index in [1.165, 1.54) is 19.3 Å². The van der Waals surface area contributed by atoms with Gasteiger partial charge in [0.25, 0.3) is 0 Å². The lowest BCUT2D eigenvalue weighted by molar-refractivity contribution is -0.0317. The van der Waals surface area contributed by atoms with Crippen LogP contribution in [0.4, 0.5) is 5.82 Å². The zero-order valence-corrected chi connectivity index (χ0v) is 14.0. The highest BCUT2D eigenvalue weighted by Crippen LogP contribution is 2.35. The zero-order chi connectivity index (χ0) is 16.3. The van der Waals surface area contributed by atoms with Crippen LogP contribution in [0.3, 0.4) is 0 Å². The molecule has 7 heteroatoms. The van der Waals surface area contributed by atoms with Gasteiger partial charge in [-0.3, -0.25) is 4.90 Å². The smallest absolute Gasteiger partial charge is 0.178 e. The summed E-state index contributed by atoms with van der Waals surface area (Å²) in [6.07, 6.45) is 5.61. The molecule has 128 valence electrons. The maximum atomic E-state index is 9.85. The summed E-state index contributed by atoms with van der Waals surface area (Å²) in [5.41, 5.74) is 0.840. The first-order valence-electron chi connectivity index (χ1n) is 9.08. The van der Waals surface area contributed by atoms with Crippen molar-refractivity contribution in [2.45, 2.75) is 56.2 Å². The van der Waals surface area contributed by atoms with Gasteiger partial charge in [0.2, 0.25) is 0 Å². The number of rotatable bonds is 4. The van der Waals surface area contributed by atoms with Crippen LogP contribution in [-0.2, 0) is 0 Å². The van der Waals surface area contributed by atoms with Crippen LogP contribution in [0.25, 0.3) is 5.65 Å². The molecule has 0 spiro atoms. The van der Waals surface area contributed by atoms with Gasteiger partial charge in [-0.2, -0.15) is 4.52 Å². The lowest BCUT2D eigenvalue weighted by Crippen LogP contribution is -2.64. The molecular formula is C17H24N6O. The normalized spacial score (nSPS) is 28.0. The van der Waals surface area contributed by atoms with Gasteiger partial charge in [0.15, 0.2) is 11.5 Å². The molecule has 2 unspecified atom stereocenters. The highest BCUT2D eigenvalue weighted by Gasteiger charge is 2.40. The van der Waals surface area contributed by atoms with Gasteiger partial charge in [-0.05, 0) is 44.9 Å². The summed E-state index contributed by atoms with van der Waals surface area (Å²) in [5.74, 6) is 2.55. The monoisotopic (exact) mass is 328 g/mol. The quantitative estimate of drug-likeness (QED) is 0.904. The van der Waals surface area contributed by atoms with E-state index >= 15 is 0 Å². The van der Waals surface area contributed by atoms with Crippen LogP contribution in [0.5, 0.6) is 0 Å². The van der Waals surface area contributed by atoms with Gasteiger partial charge in [-0.15, -0.1) is 15.3 Å². The second kappa shape index (κ2) is 5.39. The summed E-state index contributed by atoms with van der Waals surface area (Å²) in [5, 5.41) is 23.3. The van der Waals surface area contributed by atoms with Crippen molar-refractivity contribution in [3.8, 4) is 0 Å². The van der Waals surface area contributed by atoms with Gasteiger partial charge >= 0.3 is 0 Å². The first-order valence-corrected chi connectivity index (χ1v) is 9.08. The third-order valence-corrected chi connectivity index (χ3v) is 6.23. The van der Waals surface area contributed by atoms with E-state index in [4.69, 9.17) is 5.10 Å². The van der Waals surface area contributed by atoms with E-state index in [9.17, 15) is 5.11 Å². The fourth-order valence-electron chi connectivity index (χ4n) is 4.00. The molecule has 2 aromatic heterocycles. The third-order valence-electron chi connectivity index (χ3n) is 6.23. The van der Waals surface area contributed by atoms with Crippen molar-refractivity contribution >= 4 is 11.5 Å². The number of hydrogen-bond donors (Lipinski definition) is 1. The predicted molar refractivity (Wildman–Crippen MR) is 90.2 cm³/mol. The molecule has 1 aliphatic heterocycles. The van der Waals surface area contributed by atoms with E-state index in [1.807, 2.05) is 16.6 Å². The molecule has 3 heterocycles. The number of anilines is 1. The molecule has 5 rings (SSSR count). The standard InChI is InChI=1S/C17H24N6O/c1-21(13-5-6-14(13)24)12-9-22(10-12)16-8-7-15-18-19-17(23(15)20-16)11-3-2-4-11/h7-8,11-14,24H,2-6,9-10H2,1H3. The number of aliphatic hydroxyl groups excluding tert-OH is 1. The summed E-state index contributed by atoms with van der Waals surface area (Å²) >= 11 is 0. The molecule has 2 aliphatic carbocycles. The predicted octanol–water partition coefficient (Wildman–Crippen LogP) is 1.04. The first kappa shape index (κ1) is 14.6. The van der Waals surface area contributed by atoms with E-state index in [0.717, 1.165) is 43.2 Å². The number of likely N-dealkylation sites (N-methyl/N-ethyl adjacent to an activating group) is 1. The largest absolute Gasteiger partial charge is 0.391 e. The van der Waals surface area contributed by atoms with Crippen molar-refractivity contribution in [2.24, 2.45) is 0 Å². The second-order valence-corrected chi connectivity index (χ2v) is 7.58. The zero-order valence-electron chi connectivity index (χ0n) is 14.0. The minimum Gasteiger partial charge on any atom is -0.391 e. The van der Waals surface area contributed by atoms with Crippen molar-refractivity contribution in [1.82, 2.24) is 24.7 Å². The molecule has 2 aromatic rings. The Bertz CT molecular complexity index is 751. The van der Waals surface area contributed by atoms with E-state index < -0.39 is 0 Å². The molecule has 0 bridgehead atoms. The van der Waals surface area contributed by atoms with Crippen molar-refractivity contribution < 1.29 is 5.11 Å². The van der Waals surface area contributed by atoms with Crippen molar-refractivity contribution in [3.05, 3.63) is 18.0 Å². The maximum Gasteiger partial charge on any atom is 0.178 e. The van der Waals surface area contributed by atoms with Crippen LogP contribution in [0.15, 0.2) is 12.1 Å². The number of fused-ring (bicyclic) bond motifs is 1. The Kier molecular flexibility index (Phi) is 3.28. The molecule has 0 radical (unpaired) electrons. The van der Waals surface area contributed by atoms with Crippen molar-refractivity contribution in [3.63, 3.8) is 0 Å². The van der Waals surface area contributed by atoms with Gasteiger partial charge in [0.05, 0.1) is 6.10 Å². The third kappa shape index (κ3) is 2.14. The van der Waals surface area contributed by atoms with Crippen LogP contribution in [0.2, 0.25) is 0 Å². The van der Waals surface area contributed by atoms with Gasteiger partial charge in [-0.25, -0.2) is 0 Å². The molecule has 1 saturated heterocycles. The Labute approximate surface area is 141 Å². The Morgan fingerprint density at radius 1 is 1.12 bits per heavy atom. The Morgan fingerprint density at radius 2 is 1.96 bits per heavy atom. The van der Waals surface area contributed by atoms with Gasteiger partial charge < -0.3 is 10.0 Å². The molecule has 7 nitrogen and oxygen atoms in total. The van der Waals surface area contributed by atoms with Crippen molar-refractivity contribution in [2.75, 3.05) is 25.0 Å². The molecule has 2 saturated carbocycles. The Hall–Kier alpha value is -1.73. The SMILES string of the molecule is CN(C1CN(c2ccc3nnc(C4CCC4)n3n2)C1)C1CCC1O. The van der Waals surface area contributed by atoms with E-state index in [-0.39, 0.29) is 6.10 Å². The number of aliphatic hydroxyl groups is 1. The number of aromatic nitrogens is 4. The van der Waals surface area contributed by atoms with Gasteiger partial charge in [0, 0.05) is 31.1 Å². The Morgan fingerprint density at radius 3 is 2.58 bits per heavy atom. The summed E-state index contributed by atoms with van der Waals surface area (Å²) in [6.45, 7) is 1.94. The van der Waals surface area contributed by atoms with Crippen LogP contribution in [0, 0.1) is 0 Å². The lowest BCUT2D eigenvalue weighted by atomic mass is 9.85. The minimum absolute atomic E-state index is 0.138. The van der Waals surface area contributed by atoms with E-state index in [2.05, 4.69) is 27.0 Å². The van der Waals surface area contributed by atoms with Gasteiger partial charge in [0.1, 0.15) is 5.82 Å². The molecule has 3 fully saturated rings. The molecule has 2 atom stereocenters. The molecule has 24 heavy (non-hydrogen) atoms. The fourth-order valence-corrected chi connectivity index (χ4v) is 4.00. The average molecular weight is 328 g/mol. The van der Waals surface area contributed by atoms with Crippen LogP contribution in [-0.4, -0.2) is 68.1 Å². The maximum absolute atomic E-state index is 9.85. The summed E-state index contributed by atoms with van der Waals surface area (Å²) in [7, 11) is 2.14. The number of hydrogen-bond acceptors (Lipinski definition) is 6. The molecule has 0 amide bonds. The molecule has 0 aromatic carbocycles. The summed E-state index contributed by atoms with van der Waals surface area (Å²) < 4.78 is 1.94. The molecule has 1 N–H and O–H groups in total. The van der Waals surface area contributed by atoms with E-state index in [1.54, 1.807) is 0 Å². The topological polar surface area (TPSA) is 69.8 Å². The summed E-state index contributed by atoms with van der Waals surface area (Å²) in [4.78, 5) is 4.65. The van der Waals surface area contributed by atoms with E-state index in [0.29, 0.717) is 18.0 Å². The van der Waals surface area contributed by atoms with Crippen LogP contribution < -0.4 is 4.90 Å². The Balaban J connectivity index is 1.31. The summed E-state index contributed by atoms with van der Waals surface area (Å²) in [6, 6.07) is 4.91. The van der Waals surface area contributed by atoms with Crippen LogP contribution >= 0.6 is 0 Å². The first-order chi connectivity index (χ1) is 11.7. The van der Waals surface area contributed by atoms with Crippen molar-refractivity contribution in [1.29, 1.82) is 0 Å². The van der Waals surface area contributed by atoms with Gasteiger partial charge in [-0.1, -0.05) is 6.42 Å². The number of nitrogens with zero attached hydrogens (tertiary/aromatic N) is 6. The molecular weight excluding hydrogens is 304 g/mol. The lowest BCUT2D eigenvalue weighted by Gasteiger charge is -2.50.